The molecule has 0 aliphatic rings. The molecule has 0 amide bonds. The van der Waals surface area contributed by atoms with E-state index in [1.54, 1.807) is 0 Å². The van der Waals surface area contributed by atoms with Gasteiger partial charge in [0.25, 0.3) is 6.43 Å². The summed E-state index contributed by atoms with van der Waals surface area (Å²) in [6, 6.07) is 0. The average molecular weight is 143 g/mol. The molecule has 0 aromatic heterocycles. The molecule has 0 aromatic rings. The zero-order valence-electron chi connectivity index (χ0n) is 4.14. The Hall–Kier alpha value is -0.780. The minimum atomic E-state index is -3.92. The first-order valence-electron chi connectivity index (χ1n) is 1.88. The molecule has 0 aromatic carbocycles. The summed E-state index contributed by atoms with van der Waals surface area (Å²) < 4.78 is 34.1. The predicted molar refractivity (Wildman–Crippen MR) is 21.7 cm³/mol. The number of alkyl halides is 3. The highest BCUT2D eigenvalue weighted by molar-refractivity contribution is 5.76. The van der Waals surface area contributed by atoms with E-state index in [1.165, 1.54) is 0 Å². The molecular formula is C3H4F3NO2. The zero-order valence-corrected chi connectivity index (χ0v) is 4.14. The second kappa shape index (κ2) is 2.22. The van der Waals surface area contributed by atoms with Crippen LogP contribution < -0.4 is 5.73 Å². The van der Waals surface area contributed by atoms with Gasteiger partial charge in [-0.25, -0.2) is 18.0 Å². The number of aliphatic carboxylic acids is 1. The van der Waals surface area contributed by atoms with E-state index in [1.807, 2.05) is 0 Å². The lowest BCUT2D eigenvalue weighted by atomic mass is 10.3. The van der Waals surface area contributed by atoms with E-state index in [9.17, 15) is 18.0 Å². The van der Waals surface area contributed by atoms with Crippen LogP contribution in [-0.2, 0) is 4.79 Å². The van der Waals surface area contributed by atoms with Crippen molar-refractivity contribution >= 4 is 5.97 Å². The third-order valence-electron chi connectivity index (χ3n) is 0.645. The van der Waals surface area contributed by atoms with Crippen molar-refractivity contribution in [2.45, 2.75) is 12.2 Å². The number of halogens is 3. The lowest BCUT2D eigenvalue weighted by molar-refractivity contribution is -0.161. The van der Waals surface area contributed by atoms with E-state index in [-0.39, 0.29) is 0 Å². The van der Waals surface area contributed by atoms with Gasteiger partial charge in [-0.3, -0.25) is 5.73 Å². The maximum Gasteiger partial charge on any atom is 0.362 e. The van der Waals surface area contributed by atoms with Gasteiger partial charge in [-0.15, -0.1) is 0 Å². The Morgan fingerprint density at radius 2 is 2.00 bits per heavy atom. The van der Waals surface area contributed by atoms with Gasteiger partial charge in [0.05, 0.1) is 0 Å². The summed E-state index contributed by atoms with van der Waals surface area (Å²) in [6.45, 7) is 0. The van der Waals surface area contributed by atoms with Gasteiger partial charge in [-0.2, -0.15) is 0 Å². The molecule has 9 heavy (non-hydrogen) atoms. The van der Waals surface area contributed by atoms with Crippen molar-refractivity contribution in [3.63, 3.8) is 0 Å². The normalized spacial score (nSPS) is 17.4. The molecule has 1 atom stereocenters. The zero-order chi connectivity index (χ0) is 7.65. The monoisotopic (exact) mass is 143 g/mol. The van der Waals surface area contributed by atoms with E-state index < -0.39 is 18.2 Å². The predicted octanol–water partition coefficient (Wildman–Crippen LogP) is -0.0394. The molecule has 0 saturated carbocycles. The van der Waals surface area contributed by atoms with Crippen LogP contribution in [0.4, 0.5) is 13.2 Å². The van der Waals surface area contributed by atoms with Gasteiger partial charge in [-0.1, -0.05) is 0 Å². The smallest absolute Gasteiger partial charge is 0.362 e. The summed E-state index contributed by atoms with van der Waals surface area (Å²) in [6.07, 6.45) is -3.70. The molecular weight excluding hydrogens is 139 g/mol. The highest BCUT2D eigenvalue weighted by atomic mass is 19.3. The molecule has 3 nitrogen and oxygen atoms in total. The SMILES string of the molecule is N[C@@](F)(C(=O)O)C(F)F. The first kappa shape index (κ1) is 8.22. The quantitative estimate of drug-likeness (QED) is 0.533. The number of nitrogens with two attached hydrogens (primary N) is 1. The Morgan fingerprint density at radius 1 is 1.67 bits per heavy atom. The Labute approximate surface area is 48.3 Å². The van der Waals surface area contributed by atoms with Gasteiger partial charge in [0.2, 0.25) is 0 Å². The van der Waals surface area contributed by atoms with Gasteiger partial charge in [0.1, 0.15) is 0 Å². The van der Waals surface area contributed by atoms with Gasteiger partial charge in [0.15, 0.2) is 0 Å². The molecule has 0 unspecified atom stereocenters. The van der Waals surface area contributed by atoms with Crippen LogP contribution >= 0.6 is 0 Å². The van der Waals surface area contributed by atoms with Crippen molar-refractivity contribution in [2.75, 3.05) is 0 Å². The fourth-order valence-corrected chi connectivity index (χ4v) is 0.0933. The number of hydrogen-bond acceptors (Lipinski definition) is 2. The van der Waals surface area contributed by atoms with Crippen molar-refractivity contribution in [1.82, 2.24) is 0 Å². The largest absolute Gasteiger partial charge is 0.478 e. The summed E-state index contributed by atoms with van der Waals surface area (Å²) in [7, 11) is 0. The molecule has 0 rings (SSSR count). The average Bonchev–Trinajstić information content (AvgIpc) is 1.65. The molecule has 0 saturated heterocycles. The highest BCUT2D eigenvalue weighted by Crippen LogP contribution is 2.13. The fourth-order valence-electron chi connectivity index (χ4n) is 0.0933. The van der Waals surface area contributed by atoms with Crippen LogP contribution in [0.1, 0.15) is 0 Å². The van der Waals surface area contributed by atoms with E-state index in [0.717, 1.165) is 0 Å². The van der Waals surface area contributed by atoms with Crippen LogP contribution in [0, 0.1) is 0 Å². The number of rotatable bonds is 2. The fraction of sp³-hybridized carbons (Fsp3) is 0.667. The number of carbonyl (C=O) groups is 1. The molecule has 0 radical (unpaired) electrons. The summed E-state index contributed by atoms with van der Waals surface area (Å²) in [5.74, 6) is -6.28. The molecule has 0 spiro atoms. The van der Waals surface area contributed by atoms with Gasteiger partial charge in [-0.05, 0) is 0 Å². The van der Waals surface area contributed by atoms with E-state index in [4.69, 9.17) is 5.11 Å². The number of carboxylic acid groups (broad SMARTS) is 1. The molecule has 6 heteroatoms. The number of carboxylic acids is 1. The van der Waals surface area contributed by atoms with Gasteiger partial charge < -0.3 is 5.11 Å². The number of hydrogen-bond donors (Lipinski definition) is 2. The van der Waals surface area contributed by atoms with Crippen LogP contribution in [0.3, 0.4) is 0 Å². The molecule has 0 aliphatic carbocycles. The van der Waals surface area contributed by atoms with E-state index in [2.05, 4.69) is 5.73 Å². The van der Waals surface area contributed by atoms with E-state index in [0.29, 0.717) is 0 Å². The minimum absolute atomic E-state index is 2.36. The van der Waals surface area contributed by atoms with Gasteiger partial charge >= 0.3 is 11.8 Å². The standard InChI is InChI=1S/C3H4F3NO2/c4-1(5)3(6,7)2(8)9/h1H,7H2,(H,8,9)/t3-/m1/s1. The Kier molecular flexibility index (Phi) is 2.03. The first-order valence-corrected chi connectivity index (χ1v) is 1.88. The lowest BCUT2D eigenvalue weighted by Gasteiger charge is -2.11. The molecule has 0 bridgehead atoms. The third-order valence-corrected chi connectivity index (χ3v) is 0.645. The summed E-state index contributed by atoms with van der Waals surface area (Å²) >= 11 is 0. The molecule has 54 valence electrons. The molecule has 0 fully saturated rings. The van der Waals surface area contributed by atoms with Crippen LogP contribution in [0.5, 0.6) is 0 Å². The maximum atomic E-state index is 11.8. The van der Waals surface area contributed by atoms with Crippen LogP contribution in [0.15, 0.2) is 0 Å². The topological polar surface area (TPSA) is 63.3 Å². The van der Waals surface area contributed by atoms with E-state index >= 15 is 0 Å². The Morgan fingerprint density at radius 3 is 2.00 bits per heavy atom. The second-order valence-electron chi connectivity index (χ2n) is 1.37. The Balaban J connectivity index is 4.19. The van der Waals surface area contributed by atoms with Crippen molar-refractivity contribution in [1.29, 1.82) is 0 Å². The molecule has 0 heterocycles. The maximum absolute atomic E-state index is 11.8. The molecule has 0 aliphatic heterocycles. The summed E-state index contributed by atoms with van der Waals surface area (Å²) in [4.78, 5) is 9.48. The summed E-state index contributed by atoms with van der Waals surface area (Å²) in [5.41, 5.74) is 3.99. The third kappa shape index (κ3) is 1.56. The summed E-state index contributed by atoms with van der Waals surface area (Å²) in [5, 5.41) is 7.63. The minimum Gasteiger partial charge on any atom is -0.478 e. The van der Waals surface area contributed by atoms with Crippen LogP contribution in [0.2, 0.25) is 0 Å². The van der Waals surface area contributed by atoms with Crippen molar-refractivity contribution in [3.05, 3.63) is 0 Å². The lowest BCUT2D eigenvalue weighted by Crippen LogP contribution is -2.49. The van der Waals surface area contributed by atoms with Crippen molar-refractivity contribution < 1.29 is 23.1 Å². The van der Waals surface area contributed by atoms with Gasteiger partial charge in [0, 0.05) is 0 Å². The molecule has 3 N–H and O–H groups in total. The van der Waals surface area contributed by atoms with Crippen LogP contribution in [-0.4, -0.2) is 23.3 Å². The van der Waals surface area contributed by atoms with Crippen molar-refractivity contribution in [2.24, 2.45) is 5.73 Å². The first-order chi connectivity index (χ1) is 3.89. The Bertz CT molecular complexity index is 124. The van der Waals surface area contributed by atoms with Crippen LogP contribution in [0.25, 0.3) is 0 Å². The van der Waals surface area contributed by atoms with Crippen molar-refractivity contribution in [3.8, 4) is 0 Å². The second-order valence-corrected chi connectivity index (χ2v) is 1.37. The highest BCUT2D eigenvalue weighted by Gasteiger charge is 2.44.